The lowest BCUT2D eigenvalue weighted by Gasteiger charge is -2.35. The highest BCUT2D eigenvalue weighted by molar-refractivity contribution is 6.27. The molecule has 1 aliphatic heterocycles. The van der Waals surface area contributed by atoms with Gasteiger partial charge in [0.2, 0.25) is 0 Å². The average Bonchev–Trinajstić information content (AvgIpc) is 2.84. The maximum absolute atomic E-state index is 10.9. The minimum atomic E-state index is -1.82. The third kappa shape index (κ3) is 8.89. The summed E-state index contributed by atoms with van der Waals surface area (Å²) < 4.78 is 5.35. The molecule has 2 heterocycles. The molecule has 0 amide bonds. The molecule has 2 aromatic rings. The monoisotopic (exact) mass is 475 g/mol. The summed E-state index contributed by atoms with van der Waals surface area (Å²) in [5, 5.41) is 26.7. The molecular weight excluding hydrogens is 438 g/mol. The van der Waals surface area contributed by atoms with Crippen molar-refractivity contribution in [2.75, 3.05) is 46.4 Å². The van der Waals surface area contributed by atoms with Crippen molar-refractivity contribution in [2.45, 2.75) is 45.1 Å². The van der Waals surface area contributed by atoms with Gasteiger partial charge in [-0.2, -0.15) is 0 Å². The van der Waals surface area contributed by atoms with E-state index in [9.17, 15) is 5.11 Å². The van der Waals surface area contributed by atoms with Crippen molar-refractivity contribution in [3.63, 3.8) is 0 Å². The Morgan fingerprint density at radius 3 is 2.26 bits per heavy atom. The number of β-amino-alcohol motifs (C(OH)–C–C–N with tert-alkyl or cyclic N) is 1. The van der Waals surface area contributed by atoms with Crippen LogP contribution in [0.4, 0.5) is 0 Å². The zero-order valence-electron chi connectivity index (χ0n) is 20.2. The first-order valence-electron chi connectivity index (χ1n) is 11.9. The molecule has 188 valence electrons. The van der Waals surface area contributed by atoms with Crippen molar-refractivity contribution in [1.82, 2.24) is 14.8 Å². The smallest absolute Gasteiger partial charge is 0.414 e. The fourth-order valence-corrected chi connectivity index (χ4v) is 4.04. The highest BCUT2D eigenvalue weighted by Gasteiger charge is 2.21. The molecule has 1 saturated heterocycles. The van der Waals surface area contributed by atoms with Crippen LogP contribution in [-0.2, 0) is 9.59 Å². The van der Waals surface area contributed by atoms with Crippen LogP contribution >= 0.6 is 0 Å². The second kappa shape index (κ2) is 14.5. The summed E-state index contributed by atoms with van der Waals surface area (Å²) in [5.41, 5.74) is 1.83. The van der Waals surface area contributed by atoms with Crippen LogP contribution < -0.4 is 4.74 Å². The van der Waals surface area contributed by atoms with Gasteiger partial charge in [0.05, 0.1) is 18.7 Å². The van der Waals surface area contributed by atoms with Crippen LogP contribution in [0, 0.1) is 0 Å². The summed E-state index contributed by atoms with van der Waals surface area (Å²) in [6.07, 6.45) is 7.97. The van der Waals surface area contributed by atoms with Gasteiger partial charge in [-0.1, -0.05) is 32.6 Å². The largest absolute Gasteiger partial charge is 0.497 e. The van der Waals surface area contributed by atoms with E-state index in [2.05, 4.69) is 21.7 Å². The number of aromatic nitrogens is 1. The van der Waals surface area contributed by atoms with Crippen molar-refractivity contribution < 1.29 is 29.6 Å². The van der Waals surface area contributed by atoms with Crippen molar-refractivity contribution in [2.24, 2.45) is 0 Å². The molecule has 0 spiro atoms. The summed E-state index contributed by atoms with van der Waals surface area (Å²) in [4.78, 5) is 27.6. The second-order valence-electron chi connectivity index (χ2n) is 8.47. The number of rotatable bonds is 10. The number of nitrogens with zero attached hydrogens (tertiary/aromatic N) is 3. The first kappa shape index (κ1) is 27.5. The number of hydrogen-bond donors (Lipinski definition) is 3. The first-order valence-corrected chi connectivity index (χ1v) is 11.9. The van der Waals surface area contributed by atoms with Gasteiger partial charge in [0.15, 0.2) is 0 Å². The van der Waals surface area contributed by atoms with Gasteiger partial charge >= 0.3 is 11.9 Å². The Labute approximate surface area is 201 Å². The van der Waals surface area contributed by atoms with Gasteiger partial charge in [0.25, 0.3) is 0 Å². The fourth-order valence-electron chi connectivity index (χ4n) is 4.04. The normalized spacial score (nSPS) is 15.4. The van der Waals surface area contributed by atoms with Crippen LogP contribution in [0.25, 0.3) is 10.9 Å². The number of aliphatic hydroxyl groups excluding tert-OH is 1. The van der Waals surface area contributed by atoms with Gasteiger partial charge in [-0.05, 0) is 42.8 Å². The van der Waals surface area contributed by atoms with Crippen LogP contribution in [0.1, 0.15) is 50.7 Å². The molecule has 1 atom stereocenters. The molecule has 0 bridgehead atoms. The molecule has 9 nitrogen and oxygen atoms in total. The minimum Gasteiger partial charge on any atom is -0.497 e. The molecule has 1 fully saturated rings. The number of carboxylic acid groups (broad SMARTS) is 2. The number of methoxy groups -OCH3 is 1. The Morgan fingerprint density at radius 2 is 1.65 bits per heavy atom. The second-order valence-corrected chi connectivity index (χ2v) is 8.47. The molecule has 1 aromatic carbocycles. The third-order valence-corrected chi connectivity index (χ3v) is 6.00. The SMILES string of the molecule is CCCCCCCN1CCN(CC(O)c2ccnc3ccc(OC)cc23)CC1.O=C(O)C(=O)O. The number of unbranched alkanes of at least 4 members (excludes halogenated alkanes) is 4. The predicted octanol–water partition coefficient (Wildman–Crippen LogP) is 3.02. The lowest BCUT2D eigenvalue weighted by Crippen LogP contribution is -2.47. The number of fused-ring (bicyclic) bond motifs is 1. The van der Waals surface area contributed by atoms with E-state index >= 15 is 0 Å². The number of ether oxygens (including phenoxy) is 1. The molecule has 0 radical (unpaired) electrons. The van der Waals surface area contributed by atoms with Crippen LogP contribution in [0.15, 0.2) is 30.5 Å². The zero-order valence-corrected chi connectivity index (χ0v) is 20.2. The van der Waals surface area contributed by atoms with Gasteiger partial charge in [0.1, 0.15) is 5.75 Å². The molecule has 9 heteroatoms. The van der Waals surface area contributed by atoms with E-state index in [0.717, 1.165) is 48.4 Å². The molecule has 0 saturated carbocycles. The highest BCUT2D eigenvalue weighted by Crippen LogP contribution is 2.27. The summed E-state index contributed by atoms with van der Waals surface area (Å²) in [6.45, 7) is 8.40. The number of hydrogen-bond acceptors (Lipinski definition) is 7. The number of carbonyl (C=O) groups is 2. The van der Waals surface area contributed by atoms with Crippen LogP contribution in [-0.4, -0.2) is 88.4 Å². The fraction of sp³-hybridized carbons (Fsp3) is 0.560. The van der Waals surface area contributed by atoms with Gasteiger partial charge < -0.3 is 25.0 Å². The standard InChI is InChI=1S/C23H35N3O2.C2H2O4/c1-3-4-5-6-7-12-25-13-15-26(16-14-25)18-23(27)20-10-11-24-22-9-8-19(28-2)17-21(20)22;3-1(4)2(5)6/h8-11,17,23,27H,3-7,12-16,18H2,1-2H3;(H,3,4)(H,5,6). The van der Waals surface area contributed by atoms with Crippen molar-refractivity contribution in [3.8, 4) is 5.75 Å². The number of aliphatic hydroxyl groups is 1. The quantitative estimate of drug-likeness (QED) is 0.351. The maximum Gasteiger partial charge on any atom is 0.414 e. The van der Waals surface area contributed by atoms with E-state index in [1.807, 2.05) is 24.3 Å². The molecule has 1 unspecified atom stereocenters. The Balaban J connectivity index is 0.000000604. The molecule has 3 N–H and O–H groups in total. The van der Waals surface area contributed by atoms with Crippen molar-refractivity contribution in [1.29, 1.82) is 0 Å². The molecule has 0 aliphatic carbocycles. The van der Waals surface area contributed by atoms with Crippen LogP contribution in [0.5, 0.6) is 5.75 Å². The van der Waals surface area contributed by atoms with E-state index < -0.39 is 18.0 Å². The summed E-state index contributed by atoms with van der Waals surface area (Å²) in [5.74, 6) is -2.86. The third-order valence-electron chi connectivity index (χ3n) is 6.00. The Bertz CT molecular complexity index is 903. The van der Waals surface area contributed by atoms with Gasteiger partial charge in [-0.15, -0.1) is 0 Å². The highest BCUT2D eigenvalue weighted by atomic mass is 16.5. The Kier molecular flexibility index (Phi) is 11.7. The molecule has 1 aromatic heterocycles. The van der Waals surface area contributed by atoms with Gasteiger partial charge in [-0.3, -0.25) is 9.88 Å². The number of carboxylic acids is 2. The average molecular weight is 476 g/mol. The maximum atomic E-state index is 10.9. The Hall–Kier alpha value is -2.75. The number of piperazine rings is 1. The van der Waals surface area contributed by atoms with Crippen LogP contribution in [0.2, 0.25) is 0 Å². The molecule has 34 heavy (non-hydrogen) atoms. The Morgan fingerprint density at radius 1 is 1.00 bits per heavy atom. The van der Waals surface area contributed by atoms with E-state index in [-0.39, 0.29) is 0 Å². The molecular formula is C25H37N3O6. The number of pyridine rings is 1. The predicted molar refractivity (Wildman–Crippen MR) is 130 cm³/mol. The molecule has 1 aliphatic rings. The van der Waals surface area contributed by atoms with E-state index in [1.54, 1.807) is 13.3 Å². The summed E-state index contributed by atoms with van der Waals surface area (Å²) >= 11 is 0. The number of benzene rings is 1. The number of aliphatic carboxylic acids is 2. The summed E-state index contributed by atoms with van der Waals surface area (Å²) in [7, 11) is 1.66. The first-order chi connectivity index (χ1) is 16.3. The van der Waals surface area contributed by atoms with Gasteiger partial charge in [0, 0.05) is 44.3 Å². The lowest BCUT2D eigenvalue weighted by molar-refractivity contribution is -0.159. The van der Waals surface area contributed by atoms with Gasteiger partial charge in [-0.25, -0.2) is 9.59 Å². The van der Waals surface area contributed by atoms with E-state index in [1.165, 1.54) is 38.6 Å². The summed E-state index contributed by atoms with van der Waals surface area (Å²) in [6, 6.07) is 7.76. The topological polar surface area (TPSA) is 123 Å². The zero-order chi connectivity index (χ0) is 24.9. The minimum absolute atomic E-state index is 0.516. The van der Waals surface area contributed by atoms with Crippen molar-refractivity contribution in [3.05, 3.63) is 36.0 Å². The van der Waals surface area contributed by atoms with E-state index in [0.29, 0.717) is 6.54 Å². The van der Waals surface area contributed by atoms with Crippen LogP contribution in [0.3, 0.4) is 0 Å². The van der Waals surface area contributed by atoms with E-state index in [4.69, 9.17) is 24.5 Å². The molecule has 3 rings (SSSR count). The lowest BCUT2D eigenvalue weighted by atomic mass is 10.0. The van der Waals surface area contributed by atoms with Crippen molar-refractivity contribution >= 4 is 22.8 Å².